The van der Waals surface area contributed by atoms with Gasteiger partial charge in [0.15, 0.2) is 0 Å². The molecule has 6 heteroatoms. The van der Waals surface area contributed by atoms with Gasteiger partial charge in [-0.15, -0.1) is 0 Å². The predicted molar refractivity (Wildman–Crippen MR) is 87.2 cm³/mol. The Hall–Kier alpha value is -2.50. The first-order valence-electron chi connectivity index (χ1n) is 7.64. The van der Waals surface area contributed by atoms with Gasteiger partial charge in [0.2, 0.25) is 5.91 Å². The highest BCUT2D eigenvalue weighted by Crippen LogP contribution is 2.42. The van der Waals surface area contributed by atoms with Crippen LogP contribution in [0.3, 0.4) is 0 Å². The number of hydrogen-bond donors (Lipinski definition) is 1. The minimum absolute atomic E-state index is 0.0187. The van der Waals surface area contributed by atoms with Gasteiger partial charge in [-0.05, 0) is 32.0 Å². The molecular formula is C17H21N3O3. The molecule has 0 unspecified atom stereocenters. The zero-order valence-electron chi connectivity index (χ0n) is 13.8. The van der Waals surface area contributed by atoms with Crippen molar-refractivity contribution in [2.24, 2.45) is 0 Å². The maximum absolute atomic E-state index is 12.2. The third-order valence-electron chi connectivity index (χ3n) is 4.15. The van der Waals surface area contributed by atoms with Gasteiger partial charge in [-0.2, -0.15) is 5.10 Å². The SMILES string of the molecule is COc1ccc(OC)c([C@H]2CC(=O)Nc3c2cnn3C(C)C)c1. The van der Waals surface area contributed by atoms with Gasteiger partial charge in [-0.1, -0.05) is 0 Å². The van der Waals surface area contributed by atoms with Crippen molar-refractivity contribution >= 4 is 11.7 Å². The highest BCUT2D eigenvalue weighted by molar-refractivity contribution is 5.94. The Morgan fingerprint density at radius 1 is 1.26 bits per heavy atom. The molecule has 0 saturated heterocycles. The van der Waals surface area contributed by atoms with E-state index in [4.69, 9.17) is 9.47 Å². The molecule has 2 heterocycles. The van der Waals surface area contributed by atoms with Crippen LogP contribution in [-0.4, -0.2) is 29.9 Å². The Kier molecular flexibility index (Phi) is 3.98. The van der Waals surface area contributed by atoms with Gasteiger partial charge in [-0.3, -0.25) is 4.79 Å². The number of nitrogens with zero attached hydrogens (tertiary/aromatic N) is 2. The zero-order chi connectivity index (χ0) is 16.6. The molecule has 0 fully saturated rings. The van der Waals surface area contributed by atoms with E-state index in [9.17, 15) is 4.79 Å². The molecule has 1 aromatic carbocycles. The summed E-state index contributed by atoms with van der Waals surface area (Å²) in [7, 11) is 3.26. The number of anilines is 1. The van der Waals surface area contributed by atoms with Crippen molar-refractivity contribution in [3.63, 3.8) is 0 Å². The van der Waals surface area contributed by atoms with Crippen molar-refractivity contribution in [2.75, 3.05) is 19.5 Å². The molecule has 122 valence electrons. The standard InChI is InChI=1S/C17H21N3O3/c1-10(2)20-17-14(9-18-20)12(8-16(21)19-17)13-7-11(22-3)5-6-15(13)23-4/h5-7,9-10,12H,8H2,1-4H3,(H,19,21)/t12-/m1/s1. The van der Waals surface area contributed by atoms with Crippen LogP contribution in [0, 0.1) is 0 Å². The van der Waals surface area contributed by atoms with Gasteiger partial charge in [0, 0.05) is 29.5 Å². The normalized spacial score (nSPS) is 16.9. The van der Waals surface area contributed by atoms with E-state index in [-0.39, 0.29) is 17.9 Å². The van der Waals surface area contributed by atoms with Crippen LogP contribution in [0.15, 0.2) is 24.4 Å². The molecule has 3 rings (SSSR count). The number of carbonyl (C=O) groups excluding carboxylic acids is 1. The number of methoxy groups -OCH3 is 2. The highest BCUT2D eigenvalue weighted by Gasteiger charge is 2.32. The van der Waals surface area contributed by atoms with Crippen LogP contribution in [-0.2, 0) is 4.79 Å². The van der Waals surface area contributed by atoms with Crippen LogP contribution in [0.25, 0.3) is 0 Å². The van der Waals surface area contributed by atoms with Crippen LogP contribution >= 0.6 is 0 Å². The molecule has 0 radical (unpaired) electrons. The molecule has 0 bridgehead atoms. The lowest BCUT2D eigenvalue weighted by Crippen LogP contribution is -2.25. The van der Waals surface area contributed by atoms with Crippen molar-refractivity contribution in [1.82, 2.24) is 9.78 Å². The summed E-state index contributed by atoms with van der Waals surface area (Å²) in [5.41, 5.74) is 1.94. The number of rotatable bonds is 4. The second kappa shape index (κ2) is 5.95. The van der Waals surface area contributed by atoms with E-state index in [0.717, 1.165) is 28.4 Å². The number of nitrogens with one attached hydrogen (secondary N) is 1. The minimum Gasteiger partial charge on any atom is -0.497 e. The summed E-state index contributed by atoms with van der Waals surface area (Å²) < 4.78 is 12.7. The number of ether oxygens (including phenoxy) is 2. The summed E-state index contributed by atoms with van der Waals surface area (Å²) in [5, 5.41) is 7.38. The van der Waals surface area contributed by atoms with Gasteiger partial charge in [0.1, 0.15) is 17.3 Å². The summed E-state index contributed by atoms with van der Waals surface area (Å²) in [6, 6.07) is 5.82. The second-order valence-electron chi connectivity index (χ2n) is 5.90. The van der Waals surface area contributed by atoms with Crippen LogP contribution in [0.1, 0.15) is 43.4 Å². The summed E-state index contributed by atoms with van der Waals surface area (Å²) in [5.74, 6) is 2.13. The molecule has 1 aromatic heterocycles. The van der Waals surface area contributed by atoms with Gasteiger partial charge >= 0.3 is 0 Å². The predicted octanol–water partition coefficient (Wildman–Crippen LogP) is 2.96. The van der Waals surface area contributed by atoms with E-state index >= 15 is 0 Å². The Morgan fingerprint density at radius 2 is 2.04 bits per heavy atom. The van der Waals surface area contributed by atoms with Crippen LogP contribution < -0.4 is 14.8 Å². The van der Waals surface area contributed by atoms with Crippen LogP contribution in [0.2, 0.25) is 0 Å². The second-order valence-corrected chi connectivity index (χ2v) is 5.90. The first kappa shape index (κ1) is 15.4. The van der Waals surface area contributed by atoms with Crippen molar-refractivity contribution in [3.8, 4) is 11.5 Å². The van der Waals surface area contributed by atoms with Gasteiger partial charge in [-0.25, -0.2) is 4.68 Å². The number of amides is 1. The molecule has 0 saturated carbocycles. The van der Waals surface area contributed by atoms with E-state index in [1.807, 2.05) is 42.9 Å². The Balaban J connectivity index is 2.13. The minimum atomic E-state index is -0.101. The number of hydrogen-bond acceptors (Lipinski definition) is 4. The molecular weight excluding hydrogens is 294 g/mol. The molecule has 1 amide bonds. The largest absolute Gasteiger partial charge is 0.497 e. The highest BCUT2D eigenvalue weighted by atomic mass is 16.5. The average molecular weight is 315 g/mol. The van der Waals surface area contributed by atoms with Crippen LogP contribution in [0.4, 0.5) is 5.82 Å². The van der Waals surface area contributed by atoms with Gasteiger partial charge in [0.05, 0.1) is 20.4 Å². The van der Waals surface area contributed by atoms with E-state index in [1.165, 1.54) is 0 Å². The first-order chi connectivity index (χ1) is 11.0. The molecule has 0 spiro atoms. The molecule has 23 heavy (non-hydrogen) atoms. The lowest BCUT2D eigenvalue weighted by atomic mass is 9.86. The zero-order valence-corrected chi connectivity index (χ0v) is 13.8. The van der Waals surface area contributed by atoms with Crippen LogP contribution in [0.5, 0.6) is 11.5 Å². The fourth-order valence-electron chi connectivity index (χ4n) is 3.02. The summed E-state index contributed by atoms with van der Waals surface area (Å²) in [6.45, 7) is 4.07. The lowest BCUT2D eigenvalue weighted by molar-refractivity contribution is -0.116. The van der Waals surface area contributed by atoms with E-state index in [1.54, 1.807) is 14.2 Å². The van der Waals surface area contributed by atoms with Crippen molar-refractivity contribution in [2.45, 2.75) is 32.2 Å². The van der Waals surface area contributed by atoms with Gasteiger partial charge < -0.3 is 14.8 Å². The lowest BCUT2D eigenvalue weighted by Gasteiger charge is -2.26. The smallest absolute Gasteiger partial charge is 0.226 e. The van der Waals surface area contributed by atoms with Crippen molar-refractivity contribution < 1.29 is 14.3 Å². The number of carbonyl (C=O) groups is 1. The first-order valence-corrected chi connectivity index (χ1v) is 7.64. The Bertz CT molecular complexity index is 737. The molecule has 1 aliphatic heterocycles. The summed E-state index contributed by atoms with van der Waals surface area (Å²) >= 11 is 0. The van der Waals surface area contributed by atoms with Crippen molar-refractivity contribution in [1.29, 1.82) is 0 Å². The quantitative estimate of drug-likeness (QED) is 0.942. The average Bonchev–Trinajstić information content (AvgIpc) is 2.97. The molecule has 1 aliphatic rings. The summed E-state index contributed by atoms with van der Waals surface area (Å²) in [6.07, 6.45) is 2.19. The number of aromatic nitrogens is 2. The summed E-state index contributed by atoms with van der Waals surface area (Å²) in [4.78, 5) is 12.2. The third-order valence-corrected chi connectivity index (χ3v) is 4.15. The number of benzene rings is 1. The Labute approximate surface area is 135 Å². The van der Waals surface area contributed by atoms with E-state index in [2.05, 4.69) is 10.4 Å². The van der Waals surface area contributed by atoms with E-state index < -0.39 is 0 Å². The topological polar surface area (TPSA) is 65.4 Å². The monoisotopic (exact) mass is 315 g/mol. The molecule has 1 N–H and O–H groups in total. The maximum Gasteiger partial charge on any atom is 0.226 e. The van der Waals surface area contributed by atoms with E-state index in [0.29, 0.717) is 6.42 Å². The molecule has 6 nitrogen and oxygen atoms in total. The fourth-order valence-corrected chi connectivity index (χ4v) is 3.02. The van der Waals surface area contributed by atoms with Gasteiger partial charge in [0.25, 0.3) is 0 Å². The maximum atomic E-state index is 12.2. The number of fused-ring (bicyclic) bond motifs is 1. The third kappa shape index (κ3) is 2.65. The fraction of sp³-hybridized carbons (Fsp3) is 0.412. The Morgan fingerprint density at radius 3 is 2.70 bits per heavy atom. The van der Waals surface area contributed by atoms with Crippen molar-refractivity contribution in [3.05, 3.63) is 35.5 Å². The molecule has 2 aromatic rings. The molecule has 0 aliphatic carbocycles. The molecule has 1 atom stereocenters.